The summed E-state index contributed by atoms with van der Waals surface area (Å²) in [6.07, 6.45) is 2.12. The monoisotopic (exact) mass is 360 g/mol. The van der Waals surface area contributed by atoms with Crippen LogP contribution < -0.4 is 0 Å². The van der Waals surface area contributed by atoms with Crippen molar-refractivity contribution >= 4 is 33.2 Å². The van der Waals surface area contributed by atoms with E-state index in [0.29, 0.717) is 6.04 Å². The third-order valence-electron chi connectivity index (χ3n) is 3.88. The fourth-order valence-electron chi connectivity index (χ4n) is 2.76. The Morgan fingerprint density at radius 1 is 1.55 bits per heavy atom. The molecule has 1 aromatic heterocycles. The minimum absolute atomic E-state index is 0.164. The molecule has 0 spiro atoms. The van der Waals surface area contributed by atoms with Gasteiger partial charge in [-0.15, -0.1) is 11.3 Å². The Kier molecular flexibility index (Phi) is 6.01. The van der Waals surface area contributed by atoms with Crippen LogP contribution in [-0.4, -0.2) is 53.1 Å². The molecule has 1 aliphatic heterocycles. The van der Waals surface area contributed by atoms with E-state index in [9.17, 15) is 4.79 Å². The molecule has 0 amide bonds. The average molecular weight is 361 g/mol. The Morgan fingerprint density at radius 2 is 2.25 bits per heavy atom. The van der Waals surface area contributed by atoms with Gasteiger partial charge in [0.1, 0.15) is 0 Å². The van der Waals surface area contributed by atoms with Gasteiger partial charge in [0.2, 0.25) is 0 Å². The Bertz CT molecular complexity index is 444. The maximum Gasteiger partial charge on any atom is 0.317 e. The van der Waals surface area contributed by atoms with Crippen molar-refractivity contribution in [1.29, 1.82) is 0 Å². The first-order valence-electron chi connectivity index (χ1n) is 7.00. The minimum Gasteiger partial charge on any atom is -0.480 e. The van der Waals surface area contributed by atoms with Crippen LogP contribution in [0, 0.1) is 0 Å². The number of halogens is 1. The summed E-state index contributed by atoms with van der Waals surface area (Å²) in [4.78, 5) is 16.8. The minimum atomic E-state index is -0.725. The molecule has 1 N–H and O–H groups in total. The molecule has 6 heteroatoms. The fraction of sp³-hybridized carbons (Fsp3) is 0.643. The highest BCUT2D eigenvalue weighted by Crippen LogP contribution is 2.26. The number of nitrogens with zero attached hydrogens (tertiary/aromatic N) is 2. The Labute approximate surface area is 132 Å². The van der Waals surface area contributed by atoms with Crippen LogP contribution >= 0.6 is 27.3 Å². The van der Waals surface area contributed by atoms with Gasteiger partial charge in [0.25, 0.3) is 0 Å². The van der Waals surface area contributed by atoms with Gasteiger partial charge in [-0.3, -0.25) is 14.6 Å². The highest BCUT2D eigenvalue weighted by Gasteiger charge is 2.25. The number of rotatable bonds is 6. The van der Waals surface area contributed by atoms with Crippen LogP contribution in [0.4, 0.5) is 0 Å². The maximum atomic E-state index is 10.9. The fourth-order valence-corrected chi connectivity index (χ4v) is 4.28. The lowest BCUT2D eigenvalue weighted by molar-refractivity contribution is -0.139. The van der Waals surface area contributed by atoms with Gasteiger partial charge in [-0.2, -0.15) is 0 Å². The first kappa shape index (κ1) is 15.9. The second kappa shape index (κ2) is 7.54. The van der Waals surface area contributed by atoms with E-state index in [4.69, 9.17) is 5.11 Å². The number of hydrogen-bond donors (Lipinski definition) is 1. The molecule has 0 bridgehead atoms. The summed E-state index contributed by atoms with van der Waals surface area (Å²) in [5, 5.41) is 11.1. The molecule has 1 fully saturated rings. The van der Waals surface area contributed by atoms with Crippen molar-refractivity contribution in [2.75, 3.05) is 26.2 Å². The number of thiophene rings is 1. The molecule has 0 aromatic carbocycles. The Morgan fingerprint density at radius 3 is 2.75 bits per heavy atom. The topological polar surface area (TPSA) is 43.8 Å². The second-order valence-electron chi connectivity index (χ2n) is 5.16. The first-order valence-corrected chi connectivity index (χ1v) is 8.67. The van der Waals surface area contributed by atoms with E-state index < -0.39 is 5.97 Å². The van der Waals surface area contributed by atoms with Crippen molar-refractivity contribution in [2.45, 2.75) is 32.4 Å². The summed E-state index contributed by atoms with van der Waals surface area (Å²) >= 11 is 5.36. The van der Waals surface area contributed by atoms with Gasteiger partial charge in [0.15, 0.2) is 0 Å². The summed E-state index contributed by atoms with van der Waals surface area (Å²) in [6, 6.07) is 2.51. The summed E-state index contributed by atoms with van der Waals surface area (Å²) in [6.45, 7) is 6.11. The molecule has 112 valence electrons. The van der Waals surface area contributed by atoms with Crippen LogP contribution in [0.3, 0.4) is 0 Å². The van der Waals surface area contributed by atoms with Gasteiger partial charge >= 0.3 is 5.97 Å². The third-order valence-corrected chi connectivity index (χ3v) is 5.79. The molecule has 0 atom stereocenters. The molecular formula is C14H21BrN2O2S. The van der Waals surface area contributed by atoms with E-state index in [2.05, 4.69) is 37.2 Å². The zero-order valence-corrected chi connectivity index (χ0v) is 14.1. The summed E-state index contributed by atoms with van der Waals surface area (Å²) in [7, 11) is 0. The molecule has 1 aliphatic rings. The lowest BCUT2D eigenvalue weighted by Crippen LogP contribution is -2.46. The lowest BCUT2D eigenvalue weighted by Gasteiger charge is -2.37. The van der Waals surface area contributed by atoms with Crippen molar-refractivity contribution in [1.82, 2.24) is 9.80 Å². The number of carboxylic acids is 1. The zero-order valence-electron chi connectivity index (χ0n) is 11.7. The first-order chi connectivity index (χ1) is 9.60. The number of aliphatic carboxylic acids is 1. The van der Waals surface area contributed by atoms with E-state index in [1.54, 1.807) is 11.3 Å². The van der Waals surface area contributed by atoms with Crippen LogP contribution in [0.25, 0.3) is 0 Å². The highest BCUT2D eigenvalue weighted by molar-refractivity contribution is 9.10. The molecule has 4 nitrogen and oxygen atoms in total. The predicted octanol–water partition coefficient (Wildman–Crippen LogP) is 2.88. The second-order valence-corrected chi connectivity index (χ2v) is 7.01. The molecule has 2 heterocycles. The van der Waals surface area contributed by atoms with Crippen molar-refractivity contribution in [3.8, 4) is 0 Å². The standard InChI is InChI=1S/C14H21BrN2O2S/c1-2-17(10-14(18)19)11-3-6-16(7-4-11)9-13-12(15)5-8-20-13/h5,8,11H,2-4,6-7,9-10H2,1H3,(H,18,19). The molecule has 2 rings (SSSR count). The van der Waals surface area contributed by atoms with E-state index in [1.165, 1.54) is 9.35 Å². The summed E-state index contributed by atoms with van der Waals surface area (Å²) in [5.41, 5.74) is 0. The van der Waals surface area contributed by atoms with Crippen molar-refractivity contribution < 1.29 is 9.90 Å². The number of likely N-dealkylation sites (N-methyl/N-ethyl adjacent to an activating group) is 1. The predicted molar refractivity (Wildman–Crippen MR) is 85.2 cm³/mol. The van der Waals surface area contributed by atoms with Gasteiger partial charge in [-0.25, -0.2) is 0 Å². The van der Waals surface area contributed by atoms with Gasteiger partial charge in [-0.1, -0.05) is 6.92 Å². The number of carboxylic acid groups (broad SMARTS) is 1. The molecular weight excluding hydrogens is 340 g/mol. The maximum absolute atomic E-state index is 10.9. The number of hydrogen-bond acceptors (Lipinski definition) is 4. The molecule has 1 aromatic rings. The number of piperidine rings is 1. The van der Waals surface area contributed by atoms with E-state index in [0.717, 1.165) is 39.0 Å². The van der Waals surface area contributed by atoms with Crippen molar-refractivity contribution in [3.63, 3.8) is 0 Å². The normalized spacial score (nSPS) is 17.8. The smallest absolute Gasteiger partial charge is 0.317 e. The molecule has 1 saturated heterocycles. The summed E-state index contributed by atoms with van der Waals surface area (Å²) < 4.78 is 1.20. The van der Waals surface area contributed by atoms with E-state index in [-0.39, 0.29) is 6.54 Å². The molecule has 20 heavy (non-hydrogen) atoms. The summed E-state index contributed by atoms with van der Waals surface area (Å²) in [5.74, 6) is -0.725. The highest BCUT2D eigenvalue weighted by atomic mass is 79.9. The molecule has 0 unspecified atom stereocenters. The van der Waals surface area contributed by atoms with Crippen molar-refractivity contribution in [2.24, 2.45) is 0 Å². The largest absolute Gasteiger partial charge is 0.480 e. The van der Waals surface area contributed by atoms with Gasteiger partial charge < -0.3 is 5.11 Å². The van der Waals surface area contributed by atoms with Gasteiger partial charge in [-0.05, 0) is 46.8 Å². The van der Waals surface area contributed by atoms with Crippen molar-refractivity contribution in [3.05, 3.63) is 20.8 Å². The zero-order chi connectivity index (χ0) is 14.5. The van der Waals surface area contributed by atoms with E-state index in [1.807, 2.05) is 6.92 Å². The van der Waals surface area contributed by atoms with Crippen LogP contribution in [0.15, 0.2) is 15.9 Å². The lowest BCUT2D eigenvalue weighted by atomic mass is 10.0. The third kappa shape index (κ3) is 4.28. The Balaban J connectivity index is 1.82. The van der Waals surface area contributed by atoms with Crippen LogP contribution in [-0.2, 0) is 11.3 Å². The molecule has 0 saturated carbocycles. The quantitative estimate of drug-likeness (QED) is 0.846. The molecule has 0 radical (unpaired) electrons. The molecule has 0 aliphatic carbocycles. The van der Waals surface area contributed by atoms with Crippen LogP contribution in [0.2, 0.25) is 0 Å². The average Bonchev–Trinajstić information content (AvgIpc) is 2.82. The van der Waals surface area contributed by atoms with Crippen LogP contribution in [0.5, 0.6) is 0 Å². The van der Waals surface area contributed by atoms with E-state index >= 15 is 0 Å². The van der Waals surface area contributed by atoms with Crippen LogP contribution in [0.1, 0.15) is 24.6 Å². The number of likely N-dealkylation sites (tertiary alicyclic amines) is 1. The number of carbonyl (C=O) groups is 1. The van der Waals surface area contributed by atoms with Gasteiger partial charge in [0, 0.05) is 35.0 Å². The van der Waals surface area contributed by atoms with Gasteiger partial charge in [0.05, 0.1) is 6.54 Å². The SMILES string of the molecule is CCN(CC(=O)O)C1CCN(Cc2sccc2Br)CC1. The Hall–Kier alpha value is -0.430.